The molecule has 0 bridgehead atoms. The Kier molecular flexibility index (Phi) is 2.28. The summed E-state index contributed by atoms with van der Waals surface area (Å²) >= 11 is 4.86. The van der Waals surface area contributed by atoms with Gasteiger partial charge in [0, 0.05) is 0 Å². The van der Waals surface area contributed by atoms with Gasteiger partial charge in [-0.1, -0.05) is 0 Å². The summed E-state index contributed by atoms with van der Waals surface area (Å²) in [4.78, 5) is 10.9. The van der Waals surface area contributed by atoms with E-state index in [4.69, 9.17) is 16.6 Å². The standard InChI is InChI=1S/C8H7N3O2S/c12-7-5-11(8(14)10-7)9-4-6-2-1-3-13-6/h1-4H,5H2,(H,10,12,14). The van der Waals surface area contributed by atoms with Gasteiger partial charge in [0.1, 0.15) is 12.3 Å². The molecule has 0 unspecified atom stereocenters. The van der Waals surface area contributed by atoms with Crippen LogP contribution < -0.4 is 5.32 Å². The summed E-state index contributed by atoms with van der Waals surface area (Å²) in [6.45, 7) is 0.163. The number of carbonyl (C=O) groups excluding carboxylic acids is 1. The van der Waals surface area contributed by atoms with E-state index >= 15 is 0 Å². The fourth-order valence-corrected chi connectivity index (χ4v) is 1.24. The summed E-state index contributed by atoms with van der Waals surface area (Å²) in [5.74, 6) is 0.471. The van der Waals surface area contributed by atoms with E-state index in [1.165, 1.54) is 11.2 Å². The first-order valence-corrected chi connectivity index (χ1v) is 4.35. The first kappa shape index (κ1) is 8.89. The van der Waals surface area contributed by atoms with Crippen molar-refractivity contribution in [2.24, 2.45) is 5.10 Å². The second-order valence-electron chi connectivity index (χ2n) is 2.67. The Morgan fingerprint density at radius 1 is 1.71 bits per heavy atom. The minimum Gasteiger partial charge on any atom is -0.463 e. The molecule has 0 spiro atoms. The largest absolute Gasteiger partial charge is 0.463 e. The Bertz CT molecular complexity index is 385. The van der Waals surface area contributed by atoms with Crippen LogP contribution in [-0.4, -0.2) is 28.8 Å². The lowest BCUT2D eigenvalue weighted by molar-refractivity contribution is -0.118. The SMILES string of the molecule is O=C1CN(N=Cc2ccco2)C(=S)N1. The highest BCUT2D eigenvalue weighted by Gasteiger charge is 2.22. The van der Waals surface area contributed by atoms with Gasteiger partial charge in [-0.25, -0.2) is 5.01 Å². The van der Waals surface area contributed by atoms with E-state index in [1.54, 1.807) is 18.4 Å². The molecule has 2 heterocycles. The summed E-state index contributed by atoms with van der Waals surface area (Å²) in [6.07, 6.45) is 3.06. The minimum absolute atomic E-state index is 0.147. The summed E-state index contributed by atoms with van der Waals surface area (Å²) in [5, 5.41) is 8.18. The van der Waals surface area contributed by atoms with Crippen molar-refractivity contribution < 1.29 is 9.21 Å². The van der Waals surface area contributed by atoms with Crippen LogP contribution in [0.2, 0.25) is 0 Å². The molecule has 1 amide bonds. The van der Waals surface area contributed by atoms with E-state index in [0.717, 1.165) is 0 Å². The Labute approximate surface area is 85.4 Å². The molecule has 5 nitrogen and oxygen atoms in total. The highest BCUT2D eigenvalue weighted by atomic mass is 32.1. The van der Waals surface area contributed by atoms with E-state index in [0.29, 0.717) is 10.9 Å². The lowest BCUT2D eigenvalue weighted by Gasteiger charge is -2.05. The molecule has 0 atom stereocenters. The molecule has 1 fully saturated rings. The first-order valence-electron chi connectivity index (χ1n) is 3.94. The van der Waals surface area contributed by atoms with Gasteiger partial charge in [0.05, 0.1) is 12.5 Å². The summed E-state index contributed by atoms with van der Waals surface area (Å²) in [6, 6.07) is 3.52. The molecule has 1 aliphatic rings. The molecule has 6 heteroatoms. The predicted molar refractivity (Wildman–Crippen MR) is 53.7 cm³/mol. The van der Waals surface area contributed by atoms with Crippen LogP contribution in [-0.2, 0) is 4.79 Å². The number of thiocarbonyl (C=S) groups is 1. The average Bonchev–Trinajstić information content (AvgIpc) is 2.72. The van der Waals surface area contributed by atoms with Crippen LogP contribution in [0.25, 0.3) is 0 Å². The van der Waals surface area contributed by atoms with Crippen molar-refractivity contribution in [1.29, 1.82) is 0 Å². The maximum absolute atomic E-state index is 10.9. The number of amides is 1. The van der Waals surface area contributed by atoms with Gasteiger partial charge in [-0.2, -0.15) is 5.10 Å². The first-order chi connectivity index (χ1) is 6.75. The Morgan fingerprint density at radius 2 is 2.57 bits per heavy atom. The third kappa shape index (κ3) is 1.80. The van der Waals surface area contributed by atoms with Gasteiger partial charge in [-0.05, 0) is 24.4 Å². The van der Waals surface area contributed by atoms with Gasteiger partial charge in [-0.3, -0.25) is 10.1 Å². The molecule has 0 aliphatic carbocycles. The topological polar surface area (TPSA) is 57.8 Å². The average molecular weight is 209 g/mol. The molecule has 1 aromatic rings. The smallest absolute Gasteiger partial charge is 0.248 e. The summed E-state index contributed by atoms with van der Waals surface area (Å²) in [7, 11) is 0. The minimum atomic E-state index is -0.147. The Hall–Kier alpha value is -1.69. The molecule has 2 rings (SSSR count). The predicted octanol–water partition coefficient (Wildman–Crippen LogP) is 0.330. The van der Waals surface area contributed by atoms with Crippen molar-refractivity contribution >= 4 is 29.5 Å². The van der Waals surface area contributed by atoms with Crippen molar-refractivity contribution in [3.8, 4) is 0 Å². The van der Waals surface area contributed by atoms with Gasteiger partial charge in [-0.15, -0.1) is 0 Å². The maximum atomic E-state index is 10.9. The fraction of sp³-hybridized carbons (Fsp3) is 0.125. The number of carbonyl (C=O) groups is 1. The van der Waals surface area contributed by atoms with Crippen LogP contribution in [0.5, 0.6) is 0 Å². The number of rotatable bonds is 2. The van der Waals surface area contributed by atoms with Crippen LogP contribution in [0.15, 0.2) is 27.9 Å². The lowest BCUT2D eigenvalue weighted by Crippen LogP contribution is -2.23. The molecule has 1 aliphatic heterocycles. The van der Waals surface area contributed by atoms with Gasteiger partial charge >= 0.3 is 0 Å². The van der Waals surface area contributed by atoms with Gasteiger partial charge in [0.25, 0.3) is 0 Å². The number of hydrogen-bond acceptors (Lipinski definition) is 4. The molecule has 1 N–H and O–H groups in total. The fourth-order valence-electron chi connectivity index (χ4n) is 1.02. The zero-order valence-corrected chi connectivity index (χ0v) is 7.95. The number of hydrogen-bond donors (Lipinski definition) is 1. The molecule has 0 radical (unpaired) electrons. The summed E-state index contributed by atoms with van der Waals surface area (Å²) in [5.41, 5.74) is 0. The van der Waals surface area contributed by atoms with Crippen molar-refractivity contribution in [1.82, 2.24) is 10.3 Å². The van der Waals surface area contributed by atoms with Crippen molar-refractivity contribution in [2.45, 2.75) is 0 Å². The van der Waals surface area contributed by atoms with Crippen molar-refractivity contribution in [3.05, 3.63) is 24.2 Å². The van der Waals surface area contributed by atoms with Crippen LogP contribution in [0.3, 0.4) is 0 Å². The van der Waals surface area contributed by atoms with Crippen LogP contribution in [0.4, 0.5) is 0 Å². The Morgan fingerprint density at radius 3 is 3.14 bits per heavy atom. The maximum Gasteiger partial charge on any atom is 0.248 e. The highest BCUT2D eigenvalue weighted by Crippen LogP contribution is 2.01. The summed E-state index contributed by atoms with van der Waals surface area (Å²) < 4.78 is 5.03. The highest BCUT2D eigenvalue weighted by molar-refractivity contribution is 7.80. The van der Waals surface area contributed by atoms with Crippen LogP contribution >= 0.6 is 12.2 Å². The molecule has 14 heavy (non-hydrogen) atoms. The van der Waals surface area contributed by atoms with Gasteiger partial charge in [0.2, 0.25) is 5.91 Å². The second kappa shape index (κ2) is 3.59. The van der Waals surface area contributed by atoms with E-state index in [1.807, 2.05) is 0 Å². The Balaban J connectivity index is 2.04. The zero-order valence-electron chi connectivity index (χ0n) is 7.14. The third-order valence-electron chi connectivity index (χ3n) is 1.64. The number of nitrogens with zero attached hydrogens (tertiary/aromatic N) is 2. The molecule has 1 saturated heterocycles. The van der Waals surface area contributed by atoms with Gasteiger partial charge < -0.3 is 4.42 Å². The van der Waals surface area contributed by atoms with Gasteiger partial charge in [0.15, 0.2) is 5.11 Å². The van der Waals surface area contributed by atoms with E-state index in [-0.39, 0.29) is 12.5 Å². The third-order valence-corrected chi connectivity index (χ3v) is 1.95. The zero-order chi connectivity index (χ0) is 9.97. The van der Waals surface area contributed by atoms with E-state index < -0.39 is 0 Å². The van der Waals surface area contributed by atoms with Crippen LogP contribution in [0, 0.1) is 0 Å². The number of hydrazone groups is 1. The molecule has 0 saturated carbocycles. The molecule has 1 aromatic heterocycles. The number of nitrogens with one attached hydrogen (secondary N) is 1. The molecular weight excluding hydrogens is 202 g/mol. The van der Waals surface area contributed by atoms with E-state index in [9.17, 15) is 4.79 Å². The second-order valence-corrected chi connectivity index (χ2v) is 3.06. The molecule has 72 valence electrons. The normalized spacial score (nSPS) is 16.7. The molecular formula is C8H7N3O2S. The number of furan rings is 1. The van der Waals surface area contributed by atoms with E-state index in [2.05, 4.69) is 10.4 Å². The van der Waals surface area contributed by atoms with Crippen molar-refractivity contribution in [2.75, 3.05) is 6.54 Å². The van der Waals surface area contributed by atoms with Crippen molar-refractivity contribution in [3.63, 3.8) is 0 Å². The quantitative estimate of drug-likeness (QED) is 0.563. The monoisotopic (exact) mass is 209 g/mol. The van der Waals surface area contributed by atoms with Crippen LogP contribution in [0.1, 0.15) is 5.76 Å². The lowest BCUT2D eigenvalue weighted by atomic mass is 10.5. The molecule has 0 aromatic carbocycles.